The number of amides is 3. The monoisotopic (exact) mass is 570 g/mol. The van der Waals surface area contributed by atoms with E-state index in [1.807, 2.05) is 19.9 Å². The summed E-state index contributed by atoms with van der Waals surface area (Å²) in [5, 5.41) is 8.78. The summed E-state index contributed by atoms with van der Waals surface area (Å²) < 4.78 is 22.1. The number of rotatable bonds is 14. The van der Waals surface area contributed by atoms with Crippen LogP contribution in [0.1, 0.15) is 43.1 Å². The van der Waals surface area contributed by atoms with E-state index in [1.165, 1.54) is 6.92 Å². The molecule has 0 aliphatic carbocycles. The molecule has 41 heavy (non-hydrogen) atoms. The van der Waals surface area contributed by atoms with Gasteiger partial charge in [-0.2, -0.15) is 0 Å². The minimum absolute atomic E-state index is 0.0818. The van der Waals surface area contributed by atoms with Crippen LogP contribution in [-0.2, 0) is 20.8 Å². The van der Waals surface area contributed by atoms with Crippen molar-refractivity contribution in [3.8, 4) is 11.5 Å². The number of ether oxygens (including phenoxy) is 4. The molecule has 11 nitrogen and oxygen atoms in total. The molecule has 2 aromatic carbocycles. The molecule has 0 radical (unpaired) electrons. The molecule has 11 heteroatoms. The van der Waals surface area contributed by atoms with E-state index >= 15 is 0 Å². The number of alkyl carbamates (subject to hydrolysis) is 1. The average Bonchev–Trinajstić information content (AvgIpc) is 3.38. The van der Waals surface area contributed by atoms with Crippen LogP contribution in [0.3, 0.4) is 0 Å². The third-order valence-corrected chi connectivity index (χ3v) is 6.70. The lowest BCUT2D eigenvalue weighted by Gasteiger charge is -2.31. The van der Waals surface area contributed by atoms with Crippen LogP contribution in [0.2, 0.25) is 0 Å². The molecule has 3 rings (SSSR count). The van der Waals surface area contributed by atoms with Gasteiger partial charge in [-0.3, -0.25) is 9.59 Å². The summed E-state index contributed by atoms with van der Waals surface area (Å²) in [4.78, 5) is 39.4. The molecule has 0 saturated carbocycles. The van der Waals surface area contributed by atoms with Gasteiger partial charge < -0.3 is 39.8 Å². The first kappa shape index (κ1) is 31.7. The average molecular weight is 571 g/mol. The van der Waals surface area contributed by atoms with Gasteiger partial charge in [0.15, 0.2) is 11.5 Å². The Balaban J connectivity index is 1.61. The van der Waals surface area contributed by atoms with Gasteiger partial charge in [-0.1, -0.05) is 12.1 Å². The maximum Gasteiger partial charge on any atom is 0.407 e. The minimum Gasteiger partial charge on any atom is -0.493 e. The van der Waals surface area contributed by atoms with Crippen molar-refractivity contribution in [1.82, 2.24) is 15.5 Å². The van der Waals surface area contributed by atoms with Crippen LogP contribution in [0.4, 0.5) is 10.5 Å². The smallest absolute Gasteiger partial charge is 0.407 e. The Kier molecular flexibility index (Phi) is 12.2. The van der Waals surface area contributed by atoms with Crippen molar-refractivity contribution in [3.63, 3.8) is 0 Å². The Morgan fingerprint density at radius 1 is 1.05 bits per heavy atom. The molecule has 0 spiro atoms. The first-order chi connectivity index (χ1) is 19.7. The third-order valence-electron chi connectivity index (χ3n) is 6.70. The van der Waals surface area contributed by atoms with Crippen molar-refractivity contribution in [2.45, 2.75) is 45.9 Å². The number of anilines is 1. The summed E-state index contributed by atoms with van der Waals surface area (Å²) in [6.45, 7) is 8.15. The van der Waals surface area contributed by atoms with Crippen molar-refractivity contribution in [3.05, 3.63) is 53.6 Å². The van der Waals surface area contributed by atoms with Crippen LogP contribution in [-0.4, -0.2) is 82.0 Å². The Morgan fingerprint density at radius 2 is 1.85 bits per heavy atom. The number of hydrogen-bond donors (Lipinski definition) is 3. The zero-order valence-electron chi connectivity index (χ0n) is 24.5. The van der Waals surface area contributed by atoms with Gasteiger partial charge in [-0.25, -0.2) is 4.79 Å². The molecule has 1 fully saturated rings. The van der Waals surface area contributed by atoms with Crippen LogP contribution in [0, 0.1) is 5.92 Å². The van der Waals surface area contributed by atoms with Gasteiger partial charge in [0.2, 0.25) is 5.91 Å². The standard InChI is InChI=1S/C30H42N4O7/c1-20(2)34(29(36)23-10-11-26(39-5)27(15-23)40-13-7-12-38-4)19-24-17-31-18-28(24)41-30(37)32-16-22-8-6-9-25(14-22)33-21(3)35/h6,8-11,14-15,20,24,28,31H,7,12-13,16-19H2,1-5H3,(H,32,37)(H,33,35)/t24-,28+/m0/s1. The third kappa shape index (κ3) is 9.65. The molecule has 0 bridgehead atoms. The maximum absolute atomic E-state index is 13.6. The molecule has 1 aliphatic rings. The SMILES string of the molecule is COCCCOc1cc(C(=O)N(C[C@@H]2CNC[C@H]2OC(=O)NCc2cccc(NC(C)=O)c2)C(C)C)ccc1OC. The van der Waals surface area contributed by atoms with Gasteiger partial charge >= 0.3 is 6.09 Å². The number of hydrogen-bond acceptors (Lipinski definition) is 8. The lowest BCUT2D eigenvalue weighted by Crippen LogP contribution is -2.44. The second-order valence-corrected chi connectivity index (χ2v) is 10.2. The molecule has 1 heterocycles. The fourth-order valence-corrected chi connectivity index (χ4v) is 4.60. The summed E-state index contributed by atoms with van der Waals surface area (Å²) >= 11 is 0. The molecule has 0 unspecified atom stereocenters. The Hall–Kier alpha value is -3.83. The van der Waals surface area contributed by atoms with E-state index in [4.69, 9.17) is 18.9 Å². The first-order valence-corrected chi connectivity index (χ1v) is 13.8. The first-order valence-electron chi connectivity index (χ1n) is 13.8. The summed E-state index contributed by atoms with van der Waals surface area (Å²) in [5.74, 6) is 0.663. The van der Waals surface area contributed by atoms with E-state index in [9.17, 15) is 14.4 Å². The molecule has 1 aliphatic heterocycles. The highest BCUT2D eigenvalue weighted by Crippen LogP contribution is 2.29. The number of nitrogens with zero attached hydrogens (tertiary/aromatic N) is 1. The van der Waals surface area contributed by atoms with Crippen LogP contribution in [0.5, 0.6) is 11.5 Å². The van der Waals surface area contributed by atoms with Crippen molar-refractivity contribution in [1.29, 1.82) is 0 Å². The van der Waals surface area contributed by atoms with Crippen LogP contribution in [0.15, 0.2) is 42.5 Å². The van der Waals surface area contributed by atoms with Crippen molar-refractivity contribution >= 4 is 23.6 Å². The molecule has 1 saturated heterocycles. The van der Waals surface area contributed by atoms with E-state index in [0.717, 1.165) is 5.56 Å². The second kappa shape index (κ2) is 15.8. The van der Waals surface area contributed by atoms with Gasteiger partial charge in [0.05, 0.1) is 13.7 Å². The lowest BCUT2D eigenvalue weighted by molar-refractivity contribution is -0.114. The van der Waals surface area contributed by atoms with Crippen LogP contribution < -0.4 is 25.4 Å². The number of nitrogens with one attached hydrogen (secondary N) is 3. The highest BCUT2D eigenvalue weighted by molar-refractivity contribution is 5.95. The fraction of sp³-hybridized carbons (Fsp3) is 0.500. The predicted molar refractivity (Wildman–Crippen MR) is 155 cm³/mol. The van der Waals surface area contributed by atoms with E-state index in [0.29, 0.717) is 62.0 Å². The summed E-state index contributed by atoms with van der Waals surface area (Å²) in [5.41, 5.74) is 1.97. The summed E-state index contributed by atoms with van der Waals surface area (Å²) in [7, 11) is 3.20. The Morgan fingerprint density at radius 3 is 2.56 bits per heavy atom. The van der Waals surface area contributed by atoms with Crippen molar-refractivity contribution < 1.29 is 33.3 Å². The van der Waals surface area contributed by atoms with Crippen molar-refractivity contribution in [2.75, 3.05) is 52.4 Å². The van der Waals surface area contributed by atoms with E-state index in [-0.39, 0.29) is 30.3 Å². The second-order valence-electron chi connectivity index (χ2n) is 10.2. The highest BCUT2D eigenvalue weighted by Gasteiger charge is 2.34. The van der Waals surface area contributed by atoms with Gasteiger partial charge in [0, 0.05) is 76.5 Å². The quantitative estimate of drug-likeness (QED) is 0.295. The molecular weight excluding hydrogens is 528 g/mol. The molecule has 0 aromatic heterocycles. The van der Waals surface area contributed by atoms with Gasteiger partial charge in [-0.15, -0.1) is 0 Å². The zero-order valence-corrected chi connectivity index (χ0v) is 24.5. The molecule has 2 aromatic rings. The van der Waals surface area contributed by atoms with Gasteiger partial charge in [0.1, 0.15) is 6.10 Å². The molecule has 3 N–H and O–H groups in total. The zero-order chi connectivity index (χ0) is 29.8. The van der Waals surface area contributed by atoms with E-state index in [2.05, 4.69) is 16.0 Å². The number of carbonyl (C=O) groups is 3. The van der Waals surface area contributed by atoms with Gasteiger partial charge in [0.25, 0.3) is 5.91 Å². The normalized spacial score (nSPS) is 16.2. The molecule has 3 amide bonds. The Labute approximate surface area is 241 Å². The Bertz CT molecular complexity index is 1170. The van der Waals surface area contributed by atoms with E-state index < -0.39 is 12.2 Å². The summed E-state index contributed by atoms with van der Waals surface area (Å²) in [6, 6.07) is 12.3. The maximum atomic E-state index is 13.6. The van der Waals surface area contributed by atoms with Gasteiger partial charge in [-0.05, 0) is 49.7 Å². The topological polar surface area (TPSA) is 127 Å². The number of benzene rings is 2. The highest BCUT2D eigenvalue weighted by atomic mass is 16.6. The van der Waals surface area contributed by atoms with Crippen molar-refractivity contribution in [2.24, 2.45) is 5.92 Å². The minimum atomic E-state index is -0.540. The van der Waals surface area contributed by atoms with E-state index in [1.54, 1.807) is 55.5 Å². The van der Waals surface area contributed by atoms with Crippen LogP contribution >= 0.6 is 0 Å². The summed E-state index contributed by atoms with van der Waals surface area (Å²) in [6.07, 6.45) is -0.227. The largest absolute Gasteiger partial charge is 0.493 e. The number of carbonyl (C=O) groups excluding carboxylic acids is 3. The fourth-order valence-electron chi connectivity index (χ4n) is 4.60. The van der Waals surface area contributed by atoms with Crippen LogP contribution in [0.25, 0.3) is 0 Å². The molecular formula is C30H42N4O7. The molecule has 224 valence electrons. The lowest BCUT2D eigenvalue weighted by atomic mass is 10.0. The number of methoxy groups -OCH3 is 2. The molecule has 2 atom stereocenters. The predicted octanol–water partition coefficient (Wildman–Crippen LogP) is 3.43.